The van der Waals surface area contributed by atoms with Gasteiger partial charge in [-0.05, 0) is 19.4 Å². The highest BCUT2D eigenvalue weighted by atomic mass is 16.5. The maximum absolute atomic E-state index is 12.9. The second-order valence-corrected chi connectivity index (χ2v) is 5.36. The van der Waals surface area contributed by atoms with Crippen LogP contribution in [0, 0.1) is 0 Å². The number of para-hydroxylation sites is 1. The van der Waals surface area contributed by atoms with Crippen molar-refractivity contribution in [2.45, 2.75) is 26.3 Å². The van der Waals surface area contributed by atoms with E-state index >= 15 is 0 Å². The van der Waals surface area contributed by atoms with Gasteiger partial charge in [-0.15, -0.1) is 0 Å². The van der Waals surface area contributed by atoms with Gasteiger partial charge in [0.1, 0.15) is 6.54 Å². The summed E-state index contributed by atoms with van der Waals surface area (Å²) in [6.45, 7) is 3.64. The van der Waals surface area contributed by atoms with Gasteiger partial charge in [0.25, 0.3) is 5.91 Å². The number of benzene rings is 1. The van der Waals surface area contributed by atoms with Crippen LogP contribution in [0.15, 0.2) is 35.1 Å². The number of carbonyl (C=O) groups is 2. The van der Waals surface area contributed by atoms with Gasteiger partial charge in [0, 0.05) is 23.0 Å². The first-order valence-corrected chi connectivity index (χ1v) is 7.47. The number of hydrogen-bond donors (Lipinski definition) is 1. The smallest absolute Gasteiger partial charge is 0.325 e. The third-order valence-corrected chi connectivity index (χ3v) is 3.89. The van der Waals surface area contributed by atoms with Crippen molar-refractivity contribution in [1.82, 2.24) is 9.88 Å². The summed E-state index contributed by atoms with van der Waals surface area (Å²) < 4.78 is 4.67. The summed E-state index contributed by atoms with van der Waals surface area (Å²) in [5.41, 5.74) is 0.522. The lowest BCUT2D eigenvalue weighted by molar-refractivity contribution is -0.141. The van der Waals surface area contributed by atoms with E-state index in [0.29, 0.717) is 17.3 Å². The van der Waals surface area contributed by atoms with Gasteiger partial charge in [-0.1, -0.05) is 25.1 Å². The van der Waals surface area contributed by atoms with Gasteiger partial charge >= 0.3 is 5.97 Å². The summed E-state index contributed by atoms with van der Waals surface area (Å²) >= 11 is 0. The van der Waals surface area contributed by atoms with Gasteiger partial charge in [-0.2, -0.15) is 0 Å². The van der Waals surface area contributed by atoms with Crippen molar-refractivity contribution in [3.8, 4) is 0 Å². The number of amides is 1. The lowest BCUT2D eigenvalue weighted by atomic mass is 10.1. The molecule has 0 aliphatic heterocycles. The number of nitrogens with one attached hydrogen (secondary N) is 1. The Bertz CT molecular complexity index is 782. The molecule has 1 heterocycles. The Morgan fingerprint density at radius 1 is 1.30 bits per heavy atom. The van der Waals surface area contributed by atoms with Crippen LogP contribution < -0.4 is 5.56 Å². The Labute approximate surface area is 134 Å². The number of H-pyrrole nitrogens is 1. The molecule has 2 rings (SSSR count). The maximum atomic E-state index is 12.9. The van der Waals surface area contributed by atoms with E-state index in [-0.39, 0.29) is 29.6 Å². The fraction of sp³-hybridized carbons (Fsp3) is 0.353. The molecule has 0 bridgehead atoms. The first-order valence-electron chi connectivity index (χ1n) is 7.47. The first kappa shape index (κ1) is 16.7. The predicted octanol–water partition coefficient (Wildman–Crippen LogP) is 1.94. The molecule has 6 heteroatoms. The van der Waals surface area contributed by atoms with Crippen molar-refractivity contribution < 1.29 is 14.3 Å². The highest BCUT2D eigenvalue weighted by Gasteiger charge is 2.25. The second-order valence-electron chi connectivity index (χ2n) is 5.36. The molecule has 1 atom stereocenters. The molecule has 1 N–H and O–H groups in total. The average Bonchev–Trinajstić information content (AvgIpc) is 2.57. The molecular formula is C17H20N2O4. The maximum Gasteiger partial charge on any atom is 0.325 e. The van der Waals surface area contributed by atoms with E-state index in [1.165, 1.54) is 18.1 Å². The van der Waals surface area contributed by atoms with Crippen molar-refractivity contribution in [3.05, 3.63) is 46.2 Å². The van der Waals surface area contributed by atoms with Crippen LogP contribution in [0.3, 0.4) is 0 Å². The zero-order chi connectivity index (χ0) is 17.0. The van der Waals surface area contributed by atoms with E-state index in [9.17, 15) is 14.4 Å². The molecule has 1 amide bonds. The summed E-state index contributed by atoms with van der Waals surface area (Å²) in [7, 11) is 1.28. The fourth-order valence-electron chi connectivity index (χ4n) is 2.39. The van der Waals surface area contributed by atoms with Gasteiger partial charge in [0.2, 0.25) is 5.56 Å². The molecule has 1 aromatic heterocycles. The topological polar surface area (TPSA) is 79.5 Å². The van der Waals surface area contributed by atoms with E-state index in [2.05, 4.69) is 9.72 Å². The molecule has 23 heavy (non-hydrogen) atoms. The number of fused-ring (bicyclic) bond motifs is 1. The minimum atomic E-state index is -0.493. The molecule has 0 saturated heterocycles. The van der Waals surface area contributed by atoms with Crippen molar-refractivity contribution in [3.63, 3.8) is 0 Å². The quantitative estimate of drug-likeness (QED) is 0.855. The molecule has 0 spiro atoms. The molecule has 2 aromatic rings. The summed E-state index contributed by atoms with van der Waals surface area (Å²) in [5.74, 6) is -0.847. The lowest BCUT2D eigenvalue weighted by Crippen LogP contribution is -2.42. The molecule has 1 unspecified atom stereocenters. The van der Waals surface area contributed by atoms with Crippen LogP contribution in [0.1, 0.15) is 30.6 Å². The number of rotatable bonds is 5. The van der Waals surface area contributed by atoms with Crippen LogP contribution in [0.4, 0.5) is 0 Å². The Morgan fingerprint density at radius 3 is 2.65 bits per heavy atom. The number of aromatic amines is 1. The number of esters is 1. The second kappa shape index (κ2) is 7.09. The van der Waals surface area contributed by atoms with Crippen LogP contribution in [-0.4, -0.2) is 41.5 Å². The Morgan fingerprint density at radius 2 is 2.00 bits per heavy atom. The number of carbonyl (C=O) groups excluding carboxylic acids is 2. The lowest BCUT2D eigenvalue weighted by Gasteiger charge is -2.27. The van der Waals surface area contributed by atoms with E-state index in [1.54, 1.807) is 24.3 Å². The van der Waals surface area contributed by atoms with Gasteiger partial charge in [-0.25, -0.2) is 0 Å². The third kappa shape index (κ3) is 3.59. The summed E-state index contributed by atoms with van der Waals surface area (Å²) in [4.78, 5) is 40.5. The zero-order valence-corrected chi connectivity index (χ0v) is 13.5. The fourth-order valence-corrected chi connectivity index (χ4v) is 2.39. The van der Waals surface area contributed by atoms with Crippen LogP contribution >= 0.6 is 0 Å². The number of nitrogens with zero attached hydrogens (tertiary/aromatic N) is 1. The number of aromatic nitrogens is 1. The minimum absolute atomic E-state index is 0.147. The number of methoxy groups -OCH3 is 1. The van der Waals surface area contributed by atoms with Crippen LogP contribution in [0.2, 0.25) is 0 Å². The molecule has 1 aromatic carbocycles. The van der Waals surface area contributed by atoms with E-state index in [4.69, 9.17) is 0 Å². The minimum Gasteiger partial charge on any atom is -0.468 e. The number of hydrogen-bond acceptors (Lipinski definition) is 4. The largest absolute Gasteiger partial charge is 0.468 e. The predicted molar refractivity (Wildman–Crippen MR) is 87.4 cm³/mol. The Hall–Kier alpha value is -2.63. The molecular weight excluding hydrogens is 296 g/mol. The van der Waals surface area contributed by atoms with E-state index < -0.39 is 5.97 Å². The standard InChI is InChI=1S/C17H20N2O4/c1-4-11(2)19(10-16(21)23-3)17(22)13-9-15(20)18-14-8-6-5-7-12(13)14/h5-9,11H,4,10H2,1-3H3,(H,18,20). The highest BCUT2D eigenvalue weighted by Crippen LogP contribution is 2.18. The third-order valence-electron chi connectivity index (χ3n) is 3.89. The molecule has 0 aliphatic carbocycles. The SMILES string of the molecule is CCC(C)N(CC(=O)OC)C(=O)c1cc(=O)[nH]c2ccccc12. The number of ether oxygens (including phenoxy) is 1. The van der Waals surface area contributed by atoms with Crippen molar-refractivity contribution >= 4 is 22.8 Å². The monoisotopic (exact) mass is 316 g/mol. The van der Waals surface area contributed by atoms with Gasteiger partial charge in [0.15, 0.2) is 0 Å². The van der Waals surface area contributed by atoms with Crippen LogP contribution in [-0.2, 0) is 9.53 Å². The van der Waals surface area contributed by atoms with E-state index in [0.717, 1.165) is 0 Å². The zero-order valence-electron chi connectivity index (χ0n) is 13.5. The molecule has 0 saturated carbocycles. The Kier molecular flexibility index (Phi) is 5.16. The summed E-state index contributed by atoms with van der Waals surface area (Å²) in [6, 6.07) is 8.21. The average molecular weight is 316 g/mol. The van der Waals surface area contributed by atoms with E-state index in [1.807, 2.05) is 13.8 Å². The highest BCUT2D eigenvalue weighted by molar-refractivity contribution is 6.06. The summed E-state index contributed by atoms with van der Waals surface area (Å²) in [5, 5.41) is 0.648. The summed E-state index contributed by atoms with van der Waals surface area (Å²) in [6.07, 6.45) is 0.684. The molecule has 122 valence electrons. The van der Waals surface area contributed by atoms with Gasteiger partial charge in [-0.3, -0.25) is 14.4 Å². The van der Waals surface area contributed by atoms with Gasteiger partial charge < -0.3 is 14.6 Å². The first-order chi connectivity index (χ1) is 11.0. The molecule has 0 aliphatic rings. The number of pyridine rings is 1. The van der Waals surface area contributed by atoms with Crippen molar-refractivity contribution in [1.29, 1.82) is 0 Å². The van der Waals surface area contributed by atoms with Crippen LogP contribution in [0.5, 0.6) is 0 Å². The van der Waals surface area contributed by atoms with Gasteiger partial charge in [0.05, 0.1) is 12.7 Å². The molecule has 0 fully saturated rings. The van der Waals surface area contributed by atoms with Crippen molar-refractivity contribution in [2.24, 2.45) is 0 Å². The molecule has 0 radical (unpaired) electrons. The molecule has 6 nitrogen and oxygen atoms in total. The Balaban J connectivity index is 2.51. The normalized spacial score (nSPS) is 12.0. The van der Waals surface area contributed by atoms with Crippen LogP contribution in [0.25, 0.3) is 10.9 Å². The van der Waals surface area contributed by atoms with Crippen molar-refractivity contribution in [2.75, 3.05) is 13.7 Å².